The van der Waals surface area contributed by atoms with Crippen LogP contribution in [0.15, 0.2) is 47.0 Å². The minimum atomic E-state index is -0.455. The van der Waals surface area contributed by atoms with Gasteiger partial charge in [-0.05, 0) is 50.2 Å². The summed E-state index contributed by atoms with van der Waals surface area (Å²) in [7, 11) is 0. The van der Waals surface area contributed by atoms with E-state index in [0.29, 0.717) is 17.0 Å². The first kappa shape index (κ1) is 15.9. The van der Waals surface area contributed by atoms with Gasteiger partial charge in [0.2, 0.25) is 5.82 Å². The van der Waals surface area contributed by atoms with E-state index >= 15 is 0 Å². The number of esters is 1. The molecule has 0 radical (unpaired) electrons. The molecule has 0 amide bonds. The highest BCUT2D eigenvalue weighted by molar-refractivity contribution is 5.89. The van der Waals surface area contributed by atoms with E-state index in [1.807, 2.05) is 19.9 Å². The molecule has 5 nitrogen and oxygen atoms in total. The number of aryl methyl sites for hydroxylation is 2. The highest BCUT2D eigenvalue weighted by Gasteiger charge is 2.13. The fraction of sp³-hybridized carbons (Fsp3) is 0.167. The lowest BCUT2D eigenvalue weighted by Crippen LogP contribution is -2.06. The standard InChI is InChI=1S/C18H15FN2O3/c1-11-7-12(2)9-14(8-11)18(22)23-10-16-20-17(21-24-16)13-3-5-15(19)6-4-13/h3-9H,10H2,1-2H3. The number of ether oxygens (including phenoxy) is 1. The molecule has 24 heavy (non-hydrogen) atoms. The number of hydrogen-bond acceptors (Lipinski definition) is 5. The molecule has 0 unspecified atom stereocenters. The Bertz CT molecular complexity index is 852. The number of carbonyl (C=O) groups excluding carboxylic acids is 1. The number of nitrogens with zero attached hydrogens (tertiary/aromatic N) is 2. The maximum Gasteiger partial charge on any atom is 0.338 e. The third-order valence-corrected chi connectivity index (χ3v) is 3.35. The second-order valence-electron chi connectivity index (χ2n) is 5.47. The predicted octanol–water partition coefficient (Wildman–Crippen LogP) is 3.85. The molecule has 0 bridgehead atoms. The molecular weight excluding hydrogens is 311 g/mol. The van der Waals surface area contributed by atoms with Gasteiger partial charge in [-0.1, -0.05) is 22.3 Å². The van der Waals surface area contributed by atoms with Crippen molar-refractivity contribution in [1.82, 2.24) is 10.1 Å². The van der Waals surface area contributed by atoms with Crippen molar-refractivity contribution in [1.29, 1.82) is 0 Å². The van der Waals surface area contributed by atoms with E-state index in [1.54, 1.807) is 24.3 Å². The van der Waals surface area contributed by atoms with Crippen LogP contribution in [0.4, 0.5) is 4.39 Å². The summed E-state index contributed by atoms with van der Waals surface area (Å²) in [5.74, 6) is -0.312. The molecule has 1 aromatic heterocycles. The third-order valence-electron chi connectivity index (χ3n) is 3.35. The van der Waals surface area contributed by atoms with Crippen molar-refractivity contribution in [3.8, 4) is 11.4 Å². The van der Waals surface area contributed by atoms with Gasteiger partial charge in [-0.15, -0.1) is 0 Å². The maximum atomic E-state index is 12.9. The zero-order chi connectivity index (χ0) is 17.1. The minimum Gasteiger partial charge on any atom is -0.452 e. The number of halogens is 1. The zero-order valence-corrected chi connectivity index (χ0v) is 13.2. The summed E-state index contributed by atoms with van der Waals surface area (Å²) in [6.45, 7) is 3.70. The molecule has 0 saturated carbocycles. The average Bonchev–Trinajstić information content (AvgIpc) is 3.01. The van der Waals surface area contributed by atoms with Gasteiger partial charge in [0.1, 0.15) is 5.82 Å². The summed E-state index contributed by atoms with van der Waals surface area (Å²) in [6.07, 6.45) is 0. The van der Waals surface area contributed by atoms with Crippen LogP contribution >= 0.6 is 0 Å². The van der Waals surface area contributed by atoms with Crippen LogP contribution in [-0.4, -0.2) is 16.1 Å². The Morgan fingerprint density at radius 1 is 1.12 bits per heavy atom. The minimum absolute atomic E-state index is 0.125. The number of carbonyl (C=O) groups is 1. The van der Waals surface area contributed by atoms with E-state index in [-0.39, 0.29) is 18.3 Å². The van der Waals surface area contributed by atoms with Gasteiger partial charge in [0, 0.05) is 5.56 Å². The topological polar surface area (TPSA) is 65.2 Å². The van der Waals surface area contributed by atoms with Gasteiger partial charge in [0.15, 0.2) is 6.61 Å². The molecule has 0 aliphatic heterocycles. The summed E-state index contributed by atoms with van der Waals surface area (Å²) >= 11 is 0. The molecule has 2 aromatic carbocycles. The summed E-state index contributed by atoms with van der Waals surface area (Å²) in [5.41, 5.74) is 3.06. The Morgan fingerprint density at radius 3 is 2.46 bits per heavy atom. The quantitative estimate of drug-likeness (QED) is 0.681. The Hall–Kier alpha value is -3.02. The smallest absolute Gasteiger partial charge is 0.338 e. The van der Waals surface area contributed by atoms with E-state index in [1.165, 1.54) is 12.1 Å². The molecule has 3 rings (SSSR count). The Labute approximate surface area is 138 Å². The fourth-order valence-corrected chi connectivity index (χ4v) is 2.33. The lowest BCUT2D eigenvalue weighted by atomic mass is 10.1. The molecule has 0 saturated heterocycles. The lowest BCUT2D eigenvalue weighted by Gasteiger charge is -2.04. The Kier molecular flexibility index (Phi) is 4.37. The van der Waals surface area contributed by atoms with Crippen LogP contribution in [0.1, 0.15) is 27.4 Å². The average molecular weight is 326 g/mol. The van der Waals surface area contributed by atoms with Crippen molar-refractivity contribution in [2.45, 2.75) is 20.5 Å². The van der Waals surface area contributed by atoms with Crippen molar-refractivity contribution >= 4 is 5.97 Å². The zero-order valence-electron chi connectivity index (χ0n) is 13.2. The molecule has 0 N–H and O–H groups in total. The normalized spacial score (nSPS) is 10.6. The van der Waals surface area contributed by atoms with Crippen molar-refractivity contribution in [2.24, 2.45) is 0 Å². The molecule has 0 fully saturated rings. The summed E-state index contributed by atoms with van der Waals surface area (Å²) in [6, 6.07) is 11.2. The predicted molar refractivity (Wildman–Crippen MR) is 84.7 cm³/mol. The van der Waals surface area contributed by atoms with E-state index in [2.05, 4.69) is 10.1 Å². The second-order valence-corrected chi connectivity index (χ2v) is 5.47. The molecule has 0 spiro atoms. The van der Waals surface area contributed by atoms with Gasteiger partial charge in [0.05, 0.1) is 5.56 Å². The van der Waals surface area contributed by atoms with Crippen molar-refractivity contribution in [2.75, 3.05) is 0 Å². The first-order valence-electron chi connectivity index (χ1n) is 7.35. The SMILES string of the molecule is Cc1cc(C)cc(C(=O)OCc2nc(-c3ccc(F)cc3)no2)c1. The van der Waals surface area contributed by atoms with Crippen molar-refractivity contribution in [3.05, 3.63) is 70.9 Å². The molecule has 0 aliphatic carbocycles. The monoisotopic (exact) mass is 326 g/mol. The lowest BCUT2D eigenvalue weighted by molar-refractivity contribution is 0.0429. The molecular formula is C18H15FN2O3. The van der Waals surface area contributed by atoms with Gasteiger partial charge in [-0.2, -0.15) is 4.98 Å². The summed E-state index contributed by atoms with van der Waals surface area (Å²) < 4.78 is 23.2. The first-order valence-corrected chi connectivity index (χ1v) is 7.35. The van der Waals surface area contributed by atoms with Crippen LogP contribution in [0, 0.1) is 19.7 Å². The van der Waals surface area contributed by atoms with Gasteiger partial charge in [0.25, 0.3) is 5.89 Å². The second kappa shape index (κ2) is 6.62. The van der Waals surface area contributed by atoms with Gasteiger partial charge in [-0.3, -0.25) is 0 Å². The molecule has 122 valence electrons. The summed E-state index contributed by atoms with van der Waals surface area (Å²) in [5, 5.41) is 3.80. The van der Waals surface area contributed by atoms with Crippen molar-refractivity contribution in [3.63, 3.8) is 0 Å². The van der Waals surface area contributed by atoms with Gasteiger partial charge in [-0.25, -0.2) is 9.18 Å². The van der Waals surface area contributed by atoms with E-state index in [9.17, 15) is 9.18 Å². The van der Waals surface area contributed by atoms with E-state index in [0.717, 1.165) is 11.1 Å². The van der Waals surface area contributed by atoms with Crippen LogP contribution in [0.3, 0.4) is 0 Å². The Morgan fingerprint density at radius 2 is 1.79 bits per heavy atom. The fourth-order valence-electron chi connectivity index (χ4n) is 2.33. The summed E-state index contributed by atoms with van der Waals surface area (Å²) in [4.78, 5) is 16.2. The molecule has 0 atom stereocenters. The van der Waals surface area contributed by atoms with Crippen LogP contribution in [-0.2, 0) is 11.3 Å². The first-order chi connectivity index (χ1) is 11.5. The number of aromatic nitrogens is 2. The van der Waals surface area contributed by atoms with Crippen LogP contribution in [0.2, 0.25) is 0 Å². The van der Waals surface area contributed by atoms with Crippen LogP contribution < -0.4 is 0 Å². The largest absolute Gasteiger partial charge is 0.452 e. The van der Waals surface area contributed by atoms with Crippen molar-refractivity contribution < 1.29 is 18.4 Å². The van der Waals surface area contributed by atoms with E-state index in [4.69, 9.17) is 9.26 Å². The number of rotatable bonds is 4. The van der Waals surface area contributed by atoms with Crippen LogP contribution in [0.25, 0.3) is 11.4 Å². The molecule has 1 heterocycles. The van der Waals surface area contributed by atoms with E-state index < -0.39 is 5.97 Å². The molecule has 6 heteroatoms. The van der Waals surface area contributed by atoms with Gasteiger partial charge >= 0.3 is 5.97 Å². The number of hydrogen-bond donors (Lipinski definition) is 0. The van der Waals surface area contributed by atoms with Crippen LogP contribution in [0.5, 0.6) is 0 Å². The molecule has 3 aromatic rings. The van der Waals surface area contributed by atoms with Gasteiger partial charge < -0.3 is 9.26 Å². The molecule has 0 aliphatic rings. The maximum absolute atomic E-state index is 12.9. The number of benzene rings is 2. The third kappa shape index (κ3) is 3.65. The highest BCUT2D eigenvalue weighted by atomic mass is 19.1. The highest BCUT2D eigenvalue weighted by Crippen LogP contribution is 2.17. The Balaban J connectivity index is 1.67.